The van der Waals surface area contributed by atoms with Crippen LogP contribution in [0.4, 0.5) is 0 Å². The normalized spacial score (nSPS) is 28.4. The molecule has 0 radical (unpaired) electrons. The number of nitrogens with one attached hydrogen (secondary N) is 1. The summed E-state index contributed by atoms with van der Waals surface area (Å²) in [4.78, 5) is 14.0. The van der Waals surface area contributed by atoms with E-state index in [-0.39, 0.29) is 5.91 Å². The van der Waals surface area contributed by atoms with Crippen LogP contribution in [0.1, 0.15) is 22.7 Å². The van der Waals surface area contributed by atoms with Crippen LogP contribution in [0.25, 0.3) is 0 Å². The van der Waals surface area contributed by atoms with Gasteiger partial charge in [-0.3, -0.25) is 4.79 Å². The molecule has 16 heavy (non-hydrogen) atoms. The second kappa shape index (κ2) is 3.63. The third-order valence-electron chi connectivity index (χ3n) is 3.61. The smallest absolute Gasteiger partial charge is 0.289 e. The van der Waals surface area contributed by atoms with Crippen molar-refractivity contribution in [3.63, 3.8) is 0 Å². The lowest BCUT2D eigenvalue weighted by molar-refractivity contribution is 0.0480. The molecule has 1 aromatic rings. The average Bonchev–Trinajstić information content (AvgIpc) is 2.66. The Labute approximate surface area is 94.6 Å². The number of nitrogens with zero attached hydrogens (tertiary/aromatic N) is 1. The first kappa shape index (κ1) is 9.90. The molecule has 4 heteroatoms. The van der Waals surface area contributed by atoms with Crippen LogP contribution in [0, 0.1) is 12.8 Å². The maximum absolute atomic E-state index is 12.1. The zero-order valence-corrected chi connectivity index (χ0v) is 9.40. The van der Waals surface area contributed by atoms with Gasteiger partial charge in [0.2, 0.25) is 0 Å². The predicted octanol–water partition coefficient (Wildman–Crippen LogP) is 1.02. The van der Waals surface area contributed by atoms with Gasteiger partial charge in [0.25, 0.3) is 5.91 Å². The van der Waals surface area contributed by atoms with Crippen molar-refractivity contribution in [2.45, 2.75) is 19.4 Å². The highest BCUT2D eigenvalue weighted by Crippen LogP contribution is 2.24. The van der Waals surface area contributed by atoms with Gasteiger partial charge in [0.15, 0.2) is 5.76 Å². The third-order valence-corrected chi connectivity index (χ3v) is 3.61. The fourth-order valence-electron chi connectivity index (χ4n) is 2.54. The molecule has 3 heterocycles. The van der Waals surface area contributed by atoms with Crippen molar-refractivity contribution >= 4 is 5.91 Å². The van der Waals surface area contributed by atoms with Crippen molar-refractivity contribution in [1.29, 1.82) is 0 Å². The summed E-state index contributed by atoms with van der Waals surface area (Å²) < 4.78 is 5.37. The molecule has 0 saturated carbocycles. The Hall–Kier alpha value is -1.29. The second-order valence-corrected chi connectivity index (χ2v) is 4.72. The first-order valence-electron chi connectivity index (χ1n) is 5.83. The van der Waals surface area contributed by atoms with E-state index < -0.39 is 0 Å². The van der Waals surface area contributed by atoms with Crippen molar-refractivity contribution in [3.05, 3.63) is 23.7 Å². The van der Waals surface area contributed by atoms with Crippen LogP contribution in [0.5, 0.6) is 0 Å². The van der Waals surface area contributed by atoms with Crippen LogP contribution in [-0.2, 0) is 0 Å². The van der Waals surface area contributed by atoms with Gasteiger partial charge in [-0.25, -0.2) is 0 Å². The number of furan rings is 1. The number of carbonyl (C=O) groups is 1. The topological polar surface area (TPSA) is 45.5 Å². The van der Waals surface area contributed by atoms with Crippen LogP contribution < -0.4 is 5.32 Å². The molecule has 2 aliphatic heterocycles. The van der Waals surface area contributed by atoms with E-state index in [0.29, 0.717) is 17.7 Å². The molecule has 0 spiro atoms. The van der Waals surface area contributed by atoms with Crippen molar-refractivity contribution in [1.82, 2.24) is 10.2 Å². The number of hydrogen-bond acceptors (Lipinski definition) is 3. The van der Waals surface area contributed by atoms with Gasteiger partial charge in [-0.05, 0) is 25.5 Å². The predicted molar refractivity (Wildman–Crippen MR) is 59.2 cm³/mol. The second-order valence-electron chi connectivity index (χ2n) is 4.72. The van der Waals surface area contributed by atoms with E-state index in [2.05, 4.69) is 5.32 Å². The Kier molecular flexibility index (Phi) is 2.24. The summed E-state index contributed by atoms with van der Waals surface area (Å²) in [6.07, 6.45) is 1.07. The van der Waals surface area contributed by atoms with E-state index in [9.17, 15) is 4.79 Å². The van der Waals surface area contributed by atoms with E-state index >= 15 is 0 Å². The minimum absolute atomic E-state index is 0.0402. The van der Waals surface area contributed by atoms with Crippen LogP contribution in [0.15, 0.2) is 16.5 Å². The molecule has 0 bridgehead atoms. The molecule has 4 nitrogen and oxygen atoms in total. The Morgan fingerprint density at radius 3 is 3.00 bits per heavy atom. The Bertz CT molecular complexity index is 413. The molecule has 0 aromatic carbocycles. The highest BCUT2D eigenvalue weighted by molar-refractivity contribution is 5.91. The molecule has 86 valence electrons. The number of carbonyl (C=O) groups excluding carboxylic acids is 1. The first-order valence-corrected chi connectivity index (χ1v) is 5.83. The lowest BCUT2D eigenvalue weighted by Gasteiger charge is -2.46. The van der Waals surface area contributed by atoms with Gasteiger partial charge in [0, 0.05) is 31.6 Å². The number of rotatable bonds is 1. The van der Waals surface area contributed by atoms with E-state index in [4.69, 9.17) is 4.42 Å². The summed E-state index contributed by atoms with van der Waals surface area (Å²) in [6.45, 7) is 4.62. The molecule has 1 N–H and O–H groups in total. The zero-order chi connectivity index (χ0) is 11.1. The number of aryl methyl sites for hydroxylation is 1. The van der Waals surface area contributed by atoms with Crippen LogP contribution in [0.2, 0.25) is 0 Å². The minimum atomic E-state index is 0.0402. The van der Waals surface area contributed by atoms with Crippen molar-refractivity contribution in [2.75, 3.05) is 19.6 Å². The number of hydrogen-bond donors (Lipinski definition) is 1. The molecule has 2 unspecified atom stereocenters. The van der Waals surface area contributed by atoms with Crippen LogP contribution in [-0.4, -0.2) is 36.5 Å². The van der Waals surface area contributed by atoms with Gasteiger partial charge in [-0.2, -0.15) is 0 Å². The van der Waals surface area contributed by atoms with E-state index in [1.807, 2.05) is 17.9 Å². The molecule has 2 atom stereocenters. The quantitative estimate of drug-likeness (QED) is 0.768. The summed E-state index contributed by atoms with van der Waals surface area (Å²) in [5, 5.41) is 3.39. The Balaban J connectivity index is 1.71. The summed E-state index contributed by atoms with van der Waals surface area (Å²) in [5.41, 5.74) is 0. The van der Waals surface area contributed by atoms with Gasteiger partial charge in [0.05, 0.1) is 0 Å². The van der Waals surface area contributed by atoms with Crippen LogP contribution >= 0.6 is 0 Å². The lowest BCUT2D eigenvalue weighted by atomic mass is 9.85. The summed E-state index contributed by atoms with van der Waals surface area (Å²) in [7, 11) is 0. The van der Waals surface area contributed by atoms with Gasteiger partial charge in [0.1, 0.15) is 5.76 Å². The largest absolute Gasteiger partial charge is 0.456 e. The molecule has 0 aliphatic carbocycles. The third kappa shape index (κ3) is 1.53. The maximum Gasteiger partial charge on any atom is 0.289 e. The fourth-order valence-corrected chi connectivity index (χ4v) is 2.54. The maximum atomic E-state index is 12.1. The van der Waals surface area contributed by atoms with E-state index in [0.717, 1.165) is 31.8 Å². The Morgan fingerprint density at radius 1 is 1.56 bits per heavy atom. The van der Waals surface area contributed by atoms with Crippen molar-refractivity contribution < 1.29 is 9.21 Å². The van der Waals surface area contributed by atoms with Crippen molar-refractivity contribution in [3.8, 4) is 0 Å². The fraction of sp³-hybridized carbons (Fsp3) is 0.583. The lowest BCUT2D eigenvalue weighted by Crippen LogP contribution is -2.62. The molecule has 1 amide bonds. The number of piperidine rings is 1. The highest BCUT2D eigenvalue weighted by atomic mass is 16.3. The van der Waals surface area contributed by atoms with Gasteiger partial charge in [-0.1, -0.05) is 0 Å². The molecule has 2 fully saturated rings. The number of likely N-dealkylation sites (tertiary alicyclic amines) is 1. The molecular formula is C12H16N2O2. The monoisotopic (exact) mass is 220 g/mol. The van der Waals surface area contributed by atoms with Gasteiger partial charge in [-0.15, -0.1) is 0 Å². The SMILES string of the molecule is Cc1ccc(C(=O)N2CCC3NCC3C2)o1. The van der Waals surface area contributed by atoms with Crippen molar-refractivity contribution in [2.24, 2.45) is 5.92 Å². The van der Waals surface area contributed by atoms with Gasteiger partial charge < -0.3 is 14.6 Å². The minimum Gasteiger partial charge on any atom is -0.456 e. The van der Waals surface area contributed by atoms with E-state index in [1.165, 1.54) is 0 Å². The molecule has 3 rings (SSSR count). The first-order chi connectivity index (χ1) is 7.74. The molecular weight excluding hydrogens is 204 g/mol. The van der Waals surface area contributed by atoms with Crippen LogP contribution in [0.3, 0.4) is 0 Å². The number of amides is 1. The summed E-state index contributed by atoms with van der Waals surface area (Å²) >= 11 is 0. The summed E-state index contributed by atoms with van der Waals surface area (Å²) in [6, 6.07) is 4.25. The number of fused-ring (bicyclic) bond motifs is 1. The highest BCUT2D eigenvalue weighted by Gasteiger charge is 2.37. The average molecular weight is 220 g/mol. The molecule has 2 aliphatic rings. The Morgan fingerprint density at radius 2 is 2.44 bits per heavy atom. The van der Waals surface area contributed by atoms with Gasteiger partial charge >= 0.3 is 0 Å². The summed E-state index contributed by atoms with van der Waals surface area (Å²) in [5.74, 6) is 1.96. The standard InChI is InChI=1S/C12H16N2O2/c1-8-2-3-11(16-8)12(15)14-5-4-10-9(7-14)6-13-10/h2-3,9-10,13H,4-7H2,1H3. The van der Waals surface area contributed by atoms with E-state index in [1.54, 1.807) is 6.07 Å². The zero-order valence-electron chi connectivity index (χ0n) is 9.40. The molecule has 2 saturated heterocycles. The molecule has 1 aromatic heterocycles.